The Hall–Kier alpha value is -0.940. The Morgan fingerprint density at radius 2 is 1.90 bits per heavy atom. The molecule has 0 unspecified atom stereocenters. The normalized spacial score (nSPS) is 45.4. The standard InChI is InChI=1S/C25H41NO4/c1-17(27)26(13-14-30-4)16-25(29)12-11-23(2)18(15-25)5-6-19-20-7-8-22(28)24(20,3)10-9-21(19)23/h18-21,29H,5-16H2,1-4H3/t18-,19-,20-,21-,23-,24-,25+/m0/s1. The second kappa shape index (κ2) is 7.88. The Bertz CT molecular complexity index is 695. The van der Waals surface area contributed by atoms with Crippen LogP contribution in [0.5, 0.6) is 0 Å². The van der Waals surface area contributed by atoms with E-state index < -0.39 is 5.60 Å². The highest BCUT2D eigenvalue weighted by atomic mass is 16.5. The number of rotatable bonds is 5. The number of fused-ring (bicyclic) bond motifs is 5. The first-order valence-corrected chi connectivity index (χ1v) is 12.1. The van der Waals surface area contributed by atoms with Gasteiger partial charge >= 0.3 is 0 Å². The zero-order valence-electron chi connectivity index (χ0n) is 19.4. The molecule has 0 bridgehead atoms. The molecule has 4 aliphatic carbocycles. The van der Waals surface area contributed by atoms with Crippen molar-refractivity contribution < 1.29 is 19.4 Å². The van der Waals surface area contributed by atoms with Crippen LogP contribution in [0.25, 0.3) is 0 Å². The maximum Gasteiger partial charge on any atom is 0.219 e. The molecule has 1 N–H and O–H groups in total. The highest BCUT2D eigenvalue weighted by Gasteiger charge is 2.61. The summed E-state index contributed by atoms with van der Waals surface area (Å²) in [6.45, 7) is 7.75. The first-order chi connectivity index (χ1) is 14.1. The van der Waals surface area contributed by atoms with Crippen LogP contribution in [0.2, 0.25) is 0 Å². The number of Topliss-reactive ketones (excluding diaryl/α,β-unsaturated/α-hetero) is 1. The van der Waals surface area contributed by atoms with Gasteiger partial charge in [-0.1, -0.05) is 13.8 Å². The summed E-state index contributed by atoms with van der Waals surface area (Å²) >= 11 is 0. The number of hydrogen-bond donors (Lipinski definition) is 1. The number of ether oxygens (including phenoxy) is 1. The second-order valence-corrected chi connectivity index (χ2v) is 11.4. The fourth-order valence-electron chi connectivity index (χ4n) is 8.14. The molecule has 4 fully saturated rings. The average Bonchev–Trinajstić information content (AvgIpc) is 3.00. The van der Waals surface area contributed by atoms with E-state index in [-0.39, 0.29) is 16.7 Å². The summed E-state index contributed by atoms with van der Waals surface area (Å²) in [6.07, 6.45) is 9.05. The smallest absolute Gasteiger partial charge is 0.219 e. The van der Waals surface area contributed by atoms with Gasteiger partial charge in [-0.05, 0) is 80.5 Å². The monoisotopic (exact) mass is 419 g/mol. The minimum absolute atomic E-state index is 0.00925. The third-order valence-corrected chi connectivity index (χ3v) is 10.0. The number of aliphatic hydroxyl groups is 1. The molecule has 1 amide bonds. The Labute approximate surface area is 181 Å². The molecule has 30 heavy (non-hydrogen) atoms. The number of carbonyl (C=O) groups excluding carboxylic acids is 2. The molecule has 0 heterocycles. The zero-order chi connectivity index (χ0) is 21.7. The lowest BCUT2D eigenvalue weighted by Crippen LogP contribution is -2.58. The van der Waals surface area contributed by atoms with Gasteiger partial charge in [-0.2, -0.15) is 0 Å². The Morgan fingerprint density at radius 3 is 2.60 bits per heavy atom. The third kappa shape index (κ3) is 3.54. The molecule has 7 atom stereocenters. The van der Waals surface area contributed by atoms with Crippen molar-refractivity contribution in [2.24, 2.45) is 34.5 Å². The number of nitrogens with zero attached hydrogens (tertiary/aromatic N) is 1. The highest BCUT2D eigenvalue weighted by molar-refractivity contribution is 5.87. The molecule has 5 heteroatoms. The Morgan fingerprint density at radius 1 is 1.13 bits per heavy atom. The predicted octanol–water partition coefficient (Wildman–Crippen LogP) is 3.82. The summed E-state index contributed by atoms with van der Waals surface area (Å²) in [5.74, 6) is 2.96. The van der Waals surface area contributed by atoms with Gasteiger partial charge in [-0.25, -0.2) is 0 Å². The van der Waals surface area contributed by atoms with Crippen molar-refractivity contribution in [1.29, 1.82) is 0 Å². The van der Waals surface area contributed by atoms with Gasteiger partial charge < -0.3 is 14.7 Å². The maximum absolute atomic E-state index is 12.6. The first-order valence-electron chi connectivity index (χ1n) is 12.1. The van der Waals surface area contributed by atoms with Gasteiger partial charge in [0.2, 0.25) is 5.91 Å². The number of carbonyl (C=O) groups is 2. The molecule has 0 radical (unpaired) electrons. The predicted molar refractivity (Wildman–Crippen MR) is 116 cm³/mol. The molecule has 0 spiro atoms. The number of amides is 1. The lowest BCUT2D eigenvalue weighted by molar-refractivity contribution is -0.161. The Balaban J connectivity index is 1.48. The van der Waals surface area contributed by atoms with Crippen LogP contribution in [-0.4, -0.2) is 54.1 Å². The third-order valence-electron chi connectivity index (χ3n) is 10.0. The second-order valence-electron chi connectivity index (χ2n) is 11.4. The number of ketones is 1. The van der Waals surface area contributed by atoms with Crippen molar-refractivity contribution in [2.45, 2.75) is 84.2 Å². The first kappa shape index (κ1) is 22.3. The van der Waals surface area contributed by atoms with Crippen molar-refractivity contribution in [2.75, 3.05) is 26.8 Å². The van der Waals surface area contributed by atoms with Crippen LogP contribution in [-0.2, 0) is 14.3 Å². The molecule has 4 rings (SSSR count). The summed E-state index contributed by atoms with van der Waals surface area (Å²) in [5, 5.41) is 11.5. The lowest BCUT2D eigenvalue weighted by atomic mass is 9.44. The van der Waals surface area contributed by atoms with Crippen LogP contribution >= 0.6 is 0 Å². The molecule has 0 aromatic rings. The van der Waals surface area contributed by atoms with E-state index >= 15 is 0 Å². The molecule has 0 aromatic heterocycles. The average molecular weight is 420 g/mol. The van der Waals surface area contributed by atoms with E-state index in [9.17, 15) is 14.7 Å². The van der Waals surface area contributed by atoms with Gasteiger partial charge in [-0.3, -0.25) is 9.59 Å². The zero-order valence-corrected chi connectivity index (χ0v) is 19.4. The van der Waals surface area contributed by atoms with Crippen molar-refractivity contribution in [3.63, 3.8) is 0 Å². The van der Waals surface area contributed by atoms with Crippen molar-refractivity contribution in [1.82, 2.24) is 4.90 Å². The van der Waals surface area contributed by atoms with Crippen molar-refractivity contribution >= 4 is 11.7 Å². The minimum atomic E-state index is -0.789. The van der Waals surface area contributed by atoms with Crippen LogP contribution < -0.4 is 0 Å². The summed E-state index contributed by atoms with van der Waals surface area (Å²) in [5.41, 5.74) is -0.596. The topological polar surface area (TPSA) is 66.8 Å². The molecular formula is C25H41NO4. The molecule has 170 valence electrons. The van der Waals surface area contributed by atoms with Gasteiger partial charge in [0.05, 0.1) is 12.2 Å². The van der Waals surface area contributed by atoms with Crippen LogP contribution in [0.4, 0.5) is 0 Å². The fraction of sp³-hybridized carbons (Fsp3) is 0.920. The Kier molecular flexibility index (Phi) is 5.85. The van der Waals surface area contributed by atoms with Gasteiger partial charge in [0.15, 0.2) is 0 Å². The largest absolute Gasteiger partial charge is 0.388 e. The van der Waals surface area contributed by atoms with E-state index in [1.165, 1.54) is 12.8 Å². The van der Waals surface area contributed by atoms with Gasteiger partial charge in [0.25, 0.3) is 0 Å². The van der Waals surface area contributed by atoms with Crippen LogP contribution in [0.15, 0.2) is 0 Å². The SMILES string of the molecule is COCCN(C[C@@]1(O)CC[C@@]2(C)[C@@H](CC[C@@H]3[C@@H]2CC[C@]2(C)C(=O)CC[C@@H]32)C1)C(C)=O. The summed E-state index contributed by atoms with van der Waals surface area (Å²) in [7, 11) is 1.64. The van der Waals surface area contributed by atoms with E-state index in [0.29, 0.717) is 49.2 Å². The molecule has 4 saturated carbocycles. The van der Waals surface area contributed by atoms with Crippen molar-refractivity contribution in [3.8, 4) is 0 Å². The number of methoxy groups -OCH3 is 1. The van der Waals surface area contributed by atoms with Crippen LogP contribution in [0.1, 0.15) is 78.6 Å². The summed E-state index contributed by atoms with van der Waals surface area (Å²) < 4.78 is 5.16. The van der Waals surface area contributed by atoms with E-state index in [4.69, 9.17) is 4.74 Å². The van der Waals surface area contributed by atoms with E-state index in [2.05, 4.69) is 13.8 Å². The summed E-state index contributed by atoms with van der Waals surface area (Å²) in [4.78, 5) is 26.5. The van der Waals surface area contributed by atoms with E-state index in [1.807, 2.05) is 0 Å². The van der Waals surface area contributed by atoms with E-state index in [0.717, 1.165) is 44.9 Å². The quantitative estimate of drug-likeness (QED) is 0.736. The minimum Gasteiger partial charge on any atom is -0.388 e. The van der Waals surface area contributed by atoms with Gasteiger partial charge in [0, 0.05) is 39.0 Å². The lowest BCUT2D eigenvalue weighted by Gasteiger charge is -2.61. The number of hydrogen-bond acceptors (Lipinski definition) is 4. The van der Waals surface area contributed by atoms with Crippen LogP contribution in [0, 0.1) is 34.5 Å². The van der Waals surface area contributed by atoms with Gasteiger partial charge in [-0.15, -0.1) is 0 Å². The van der Waals surface area contributed by atoms with Gasteiger partial charge in [0.1, 0.15) is 5.78 Å². The van der Waals surface area contributed by atoms with Crippen molar-refractivity contribution in [3.05, 3.63) is 0 Å². The molecule has 0 saturated heterocycles. The molecule has 5 nitrogen and oxygen atoms in total. The highest BCUT2D eigenvalue weighted by Crippen LogP contribution is 2.66. The fourth-order valence-corrected chi connectivity index (χ4v) is 8.14. The molecular weight excluding hydrogens is 378 g/mol. The molecule has 0 aliphatic heterocycles. The maximum atomic E-state index is 12.6. The van der Waals surface area contributed by atoms with Crippen LogP contribution in [0.3, 0.4) is 0 Å². The van der Waals surface area contributed by atoms with E-state index in [1.54, 1.807) is 18.9 Å². The summed E-state index contributed by atoms with van der Waals surface area (Å²) in [6, 6.07) is 0. The molecule has 4 aliphatic rings. The molecule has 0 aromatic carbocycles.